The van der Waals surface area contributed by atoms with Crippen LogP contribution in [-0.4, -0.2) is 40.3 Å². The summed E-state index contributed by atoms with van der Waals surface area (Å²) >= 11 is 5.79. The van der Waals surface area contributed by atoms with Crippen molar-refractivity contribution in [3.05, 3.63) is 38.9 Å². The lowest BCUT2D eigenvalue weighted by Crippen LogP contribution is -2.54. The minimum atomic E-state index is -0.683. The third-order valence-electron chi connectivity index (χ3n) is 4.71. The summed E-state index contributed by atoms with van der Waals surface area (Å²) < 4.78 is 0. The number of nitrogens with one attached hydrogen (secondary N) is 1. The molecule has 2 unspecified atom stereocenters. The van der Waals surface area contributed by atoms with E-state index in [2.05, 4.69) is 5.32 Å². The molecule has 1 N–H and O–H groups in total. The van der Waals surface area contributed by atoms with Crippen molar-refractivity contribution in [1.82, 2.24) is 10.2 Å². The van der Waals surface area contributed by atoms with Gasteiger partial charge in [-0.25, -0.2) is 0 Å². The van der Waals surface area contributed by atoms with Crippen molar-refractivity contribution in [2.75, 3.05) is 6.54 Å². The molecular formula is C18H24ClN3O4. The van der Waals surface area contributed by atoms with Crippen molar-refractivity contribution in [2.24, 2.45) is 5.92 Å². The van der Waals surface area contributed by atoms with Crippen LogP contribution in [0.4, 0.5) is 5.69 Å². The van der Waals surface area contributed by atoms with E-state index >= 15 is 0 Å². The maximum Gasteiger partial charge on any atom is 0.288 e. The molecule has 142 valence electrons. The average molecular weight is 382 g/mol. The third-order valence-corrected chi connectivity index (χ3v) is 5.03. The van der Waals surface area contributed by atoms with Crippen LogP contribution in [0.25, 0.3) is 0 Å². The first-order chi connectivity index (χ1) is 12.2. The van der Waals surface area contributed by atoms with Gasteiger partial charge in [0.05, 0.1) is 4.92 Å². The maximum absolute atomic E-state index is 12.9. The molecule has 0 aromatic heterocycles. The summed E-state index contributed by atoms with van der Waals surface area (Å²) in [5.41, 5.74) is -0.234. The first-order valence-electron chi connectivity index (χ1n) is 8.77. The lowest BCUT2D eigenvalue weighted by molar-refractivity contribution is -0.384. The van der Waals surface area contributed by atoms with E-state index in [0.29, 0.717) is 6.54 Å². The van der Waals surface area contributed by atoms with Crippen molar-refractivity contribution in [1.29, 1.82) is 0 Å². The quantitative estimate of drug-likeness (QED) is 0.624. The number of amides is 2. The van der Waals surface area contributed by atoms with Crippen LogP contribution in [0.15, 0.2) is 18.2 Å². The number of piperidine rings is 1. The highest BCUT2D eigenvalue weighted by Crippen LogP contribution is 2.25. The van der Waals surface area contributed by atoms with Crippen LogP contribution in [0, 0.1) is 16.0 Å². The Balaban J connectivity index is 2.19. The highest BCUT2D eigenvalue weighted by atomic mass is 35.5. The molecule has 2 rings (SSSR count). The van der Waals surface area contributed by atoms with E-state index < -0.39 is 16.9 Å². The Morgan fingerprint density at radius 2 is 2.04 bits per heavy atom. The molecule has 0 spiro atoms. The Labute approximate surface area is 157 Å². The van der Waals surface area contributed by atoms with Crippen molar-refractivity contribution >= 4 is 29.1 Å². The molecule has 0 aliphatic carbocycles. The van der Waals surface area contributed by atoms with Crippen LogP contribution in [0.3, 0.4) is 0 Å². The van der Waals surface area contributed by atoms with Crippen LogP contribution < -0.4 is 5.32 Å². The highest BCUT2D eigenvalue weighted by Gasteiger charge is 2.32. The van der Waals surface area contributed by atoms with Crippen molar-refractivity contribution in [2.45, 2.75) is 52.1 Å². The summed E-state index contributed by atoms with van der Waals surface area (Å²) in [7, 11) is 0. The normalized spacial score (nSPS) is 18.5. The number of rotatable bonds is 5. The summed E-state index contributed by atoms with van der Waals surface area (Å²) in [5.74, 6) is -0.742. The van der Waals surface area contributed by atoms with Gasteiger partial charge in [-0.1, -0.05) is 25.4 Å². The predicted octanol–water partition coefficient (Wildman–Crippen LogP) is 3.40. The molecule has 0 bridgehead atoms. The number of likely N-dealkylation sites (tertiary alicyclic amines) is 1. The SMILES string of the molecule is CC(C)C(NC(=O)c1ccc(Cl)c([N+](=O)[O-])c1)C(=O)N1CCCCC1C. The van der Waals surface area contributed by atoms with E-state index in [9.17, 15) is 19.7 Å². The Morgan fingerprint density at radius 1 is 1.35 bits per heavy atom. The third kappa shape index (κ3) is 4.52. The van der Waals surface area contributed by atoms with Crippen LogP contribution in [0.1, 0.15) is 50.4 Å². The maximum atomic E-state index is 12.9. The molecule has 1 fully saturated rings. The number of nitro benzene ring substituents is 1. The molecule has 0 radical (unpaired) electrons. The molecule has 26 heavy (non-hydrogen) atoms. The fourth-order valence-electron chi connectivity index (χ4n) is 3.14. The van der Waals surface area contributed by atoms with E-state index in [1.54, 1.807) is 0 Å². The molecule has 2 atom stereocenters. The largest absolute Gasteiger partial charge is 0.340 e. The highest BCUT2D eigenvalue weighted by molar-refractivity contribution is 6.32. The number of hydrogen-bond acceptors (Lipinski definition) is 4. The molecule has 7 nitrogen and oxygen atoms in total. The molecule has 8 heteroatoms. The van der Waals surface area contributed by atoms with Gasteiger partial charge in [0, 0.05) is 24.2 Å². The summed E-state index contributed by atoms with van der Waals surface area (Å²) in [5, 5.41) is 13.7. The standard InChI is InChI=1S/C18H24ClN3O4/c1-11(2)16(18(24)21-9-5-4-6-12(21)3)20-17(23)13-7-8-14(19)15(10-13)22(25)26/h7-8,10-12,16H,4-6,9H2,1-3H3,(H,20,23). The molecular weight excluding hydrogens is 358 g/mol. The van der Waals surface area contributed by atoms with Crippen molar-refractivity contribution < 1.29 is 14.5 Å². The van der Waals surface area contributed by atoms with E-state index in [0.717, 1.165) is 25.3 Å². The summed E-state index contributed by atoms with van der Waals surface area (Å²) in [6, 6.07) is 3.32. The van der Waals surface area contributed by atoms with Crippen molar-refractivity contribution in [3.8, 4) is 0 Å². The second-order valence-electron chi connectivity index (χ2n) is 6.99. The minimum Gasteiger partial charge on any atom is -0.340 e. The van der Waals surface area contributed by atoms with Crippen LogP contribution in [-0.2, 0) is 4.79 Å². The minimum absolute atomic E-state index is 0.0369. The van der Waals surface area contributed by atoms with Gasteiger partial charge in [-0.2, -0.15) is 0 Å². The van der Waals surface area contributed by atoms with Gasteiger partial charge in [-0.05, 0) is 44.2 Å². The monoisotopic (exact) mass is 381 g/mol. The molecule has 1 saturated heterocycles. The second kappa shape index (κ2) is 8.49. The fourth-order valence-corrected chi connectivity index (χ4v) is 3.32. The zero-order valence-corrected chi connectivity index (χ0v) is 16.0. The number of carbonyl (C=O) groups is 2. The smallest absolute Gasteiger partial charge is 0.288 e. The van der Waals surface area contributed by atoms with Crippen LogP contribution >= 0.6 is 11.6 Å². The van der Waals surface area contributed by atoms with Gasteiger partial charge in [0.1, 0.15) is 11.1 Å². The van der Waals surface area contributed by atoms with Gasteiger partial charge in [-0.15, -0.1) is 0 Å². The van der Waals surface area contributed by atoms with E-state index in [1.165, 1.54) is 12.1 Å². The van der Waals surface area contributed by atoms with Gasteiger partial charge in [-0.3, -0.25) is 19.7 Å². The van der Waals surface area contributed by atoms with Gasteiger partial charge < -0.3 is 10.2 Å². The summed E-state index contributed by atoms with van der Waals surface area (Å²) in [4.78, 5) is 37.7. The predicted molar refractivity (Wildman–Crippen MR) is 99.2 cm³/mol. The van der Waals surface area contributed by atoms with Gasteiger partial charge in [0.15, 0.2) is 0 Å². The molecule has 1 aliphatic heterocycles. The Kier molecular flexibility index (Phi) is 6.58. The Hall–Kier alpha value is -2.15. The lowest BCUT2D eigenvalue weighted by atomic mass is 9.97. The van der Waals surface area contributed by atoms with Crippen molar-refractivity contribution in [3.63, 3.8) is 0 Å². The number of nitro groups is 1. The van der Waals surface area contributed by atoms with Gasteiger partial charge >= 0.3 is 0 Å². The Bertz CT molecular complexity index is 708. The van der Waals surface area contributed by atoms with E-state index in [4.69, 9.17) is 11.6 Å². The number of halogens is 1. The zero-order chi connectivity index (χ0) is 19.4. The second-order valence-corrected chi connectivity index (χ2v) is 7.40. The van der Waals surface area contributed by atoms with Gasteiger partial charge in [0.2, 0.25) is 5.91 Å². The number of nitrogens with zero attached hydrogens (tertiary/aromatic N) is 2. The van der Waals surface area contributed by atoms with Crippen LogP contribution in [0.2, 0.25) is 5.02 Å². The average Bonchev–Trinajstić information content (AvgIpc) is 2.59. The molecule has 2 amide bonds. The topological polar surface area (TPSA) is 92.5 Å². The zero-order valence-electron chi connectivity index (χ0n) is 15.2. The number of carbonyl (C=O) groups excluding carboxylic acids is 2. The van der Waals surface area contributed by atoms with Gasteiger partial charge in [0.25, 0.3) is 11.6 Å². The molecule has 0 saturated carbocycles. The number of hydrogen-bond donors (Lipinski definition) is 1. The Morgan fingerprint density at radius 3 is 2.62 bits per heavy atom. The lowest BCUT2D eigenvalue weighted by Gasteiger charge is -2.37. The van der Waals surface area contributed by atoms with E-state index in [1.807, 2.05) is 25.7 Å². The summed E-state index contributed by atoms with van der Waals surface area (Å²) in [6.07, 6.45) is 3.00. The first-order valence-corrected chi connectivity index (χ1v) is 9.15. The molecule has 1 heterocycles. The molecule has 1 aromatic rings. The summed E-state index contributed by atoms with van der Waals surface area (Å²) in [6.45, 7) is 6.42. The molecule has 1 aliphatic rings. The number of benzene rings is 1. The first kappa shape index (κ1) is 20.2. The molecule has 1 aromatic carbocycles. The van der Waals surface area contributed by atoms with E-state index in [-0.39, 0.29) is 34.1 Å². The fraction of sp³-hybridized carbons (Fsp3) is 0.556. The van der Waals surface area contributed by atoms with Crippen LogP contribution in [0.5, 0.6) is 0 Å².